The fraction of sp³-hybridized carbons (Fsp3) is 0.182. The maximum Gasteiger partial charge on any atom is 0.145 e. The molecule has 48 heavy (non-hydrogen) atoms. The summed E-state index contributed by atoms with van der Waals surface area (Å²) < 4.78 is 24.2. The van der Waals surface area contributed by atoms with Gasteiger partial charge in [-0.05, 0) is 75.7 Å². The lowest BCUT2D eigenvalue weighted by Crippen LogP contribution is -2.32. The third kappa shape index (κ3) is 4.88. The molecule has 0 bridgehead atoms. The van der Waals surface area contributed by atoms with Gasteiger partial charge < -0.3 is 18.9 Å². The van der Waals surface area contributed by atoms with E-state index in [0.29, 0.717) is 26.4 Å². The van der Waals surface area contributed by atoms with Crippen molar-refractivity contribution >= 4 is 0 Å². The molecular formula is C44H38O4. The molecule has 0 aliphatic heterocycles. The van der Waals surface area contributed by atoms with E-state index in [1.54, 1.807) is 7.11 Å². The van der Waals surface area contributed by atoms with Crippen molar-refractivity contribution in [1.29, 1.82) is 0 Å². The van der Waals surface area contributed by atoms with Crippen molar-refractivity contribution in [3.8, 4) is 33.8 Å². The summed E-state index contributed by atoms with van der Waals surface area (Å²) in [5.74, 6) is 1.57. The molecule has 238 valence electrons. The van der Waals surface area contributed by atoms with Crippen molar-refractivity contribution in [3.63, 3.8) is 0 Å². The Morgan fingerprint density at radius 3 is 1.35 bits per heavy atom. The summed E-state index contributed by atoms with van der Waals surface area (Å²) >= 11 is 0. The highest BCUT2D eigenvalue weighted by molar-refractivity contribution is 5.84. The molecular weight excluding hydrogens is 592 g/mol. The number of benzene rings is 6. The third-order valence-corrected chi connectivity index (χ3v) is 10.0. The van der Waals surface area contributed by atoms with E-state index in [0.717, 1.165) is 28.2 Å². The van der Waals surface area contributed by atoms with Gasteiger partial charge >= 0.3 is 0 Å². The molecule has 0 saturated heterocycles. The second-order valence-corrected chi connectivity index (χ2v) is 12.6. The van der Waals surface area contributed by atoms with Gasteiger partial charge in [-0.3, -0.25) is 0 Å². The number of hydrogen-bond donors (Lipinski definition) is 0. The maximum atomic E-state index is 6.88. The Bertz CT molecular complexity index is 1970. The Balaban J connectivity index is 1.08. The molecule has 6 aromatic rings. The minimum absolute atomic E-state index is 0.232. The molecule has 4 nitrogen and oxygen atoms in total. The Kier molecular flexibility index (Phi) is 7.93. The van der Waals surface area contributed by atoms with E-state index < -0.39 is 5.60 Å². The molecule has 8 rings (SSSR count). The molecule has 4 heteroatoms. The van der Waals surface area contributed by atoms with Gasteiger partial charge in [0.1, 0.15) is 17.1 Å². The average Bonchev–Trinajstić information content (AvgIpc) is 3.58. The number of rotatable bonds is 11. The first-order valence-electron chi connectivity index (χ1n) is 16.6. The normalized spacial score (nSPS) is 14.5. The molecule has 0 unspecified atom stereocenters. The molecule has 2 aliphatic rings. The number of ether oxygens (including phenoxy) is 4. The molecule has 0 atom stereocenters. The molecule has 0 aromatic heterocycles. The van der Waals surface area contributed by atoms with Crippen LogP contribution in [0.3, 0.4) is 0 Å². The van der Waals surface area contributed by atoms with Crippen LogP contribution in [0.4, 0.5) is 0 Å². The van der Waals surface area contributed by atoms with Crippen molar-refractivity contribution in [2.75, 3.05) is 33.5 Å². The van der Waals surface area contributed by atoms with Gasteiger partial charge in [0, 0.05) is 23.7 Å². The zero-order valence-corrected chi connectivity index (χ0v) is 27.3. The Hall–Kier alpha value is -5.00. The number of hydrogen-bond acceptors (Lipinski definition) is 4. The van der Waals surface area contributed by atoms with Crippen LogP contribution in [0.2, 0.25) is 0 Å². The van der Waals surface area contributed by atoms with Crippen LogP contribution in [-0.2, 0) is 25.2 Å². The van der Waals surface area contributed by atoms with E-state index in [4.69, 9.17) is 18.9 Å². The second-order valence-electron chi connectivity index (χ2n) is 12.6. The smallest absolute Gasteiger partial charge is 0.145 e. The molecule has 2 aliphatic carbocycles. The van der Waals surface area contributed by atoms with E-state index in [2.05, 4.69) is 140 Å². The quantitative estimate of drug-likeness (QED) is 0.134. The van der Waals surface area contributed by atoms with Crippen LogP contribution < -0.4 is 4.74 Å². The van der Waals surface area contributed by atoms with Crippen LogP contribution in [0.25, 0.3) is 22.3 Å². The maximum absolute atomic E-state index is 6.88. The molecule has 0 fully saturated rings. The lowest BCUT2D eigenvalue weighted by atomic mass is 9.74. The van der Waals surface area contributed by atoms with Gasteiger partial charge in [0.2, 0.25) is 0 Å². The summed E-state index contributed by atoms with van der Waals surface area (Å²) in [6.07, 6.45) is 0. The molecule has 0 saturated carbocycles. The summed E-state index contributed by atoms with van der Waals surface area (Å²) in [6.45, 7) is 4.33. The SMILES string of the molecule is COCCOCCOC1(c2ccc(Oc3ccc(C4(C)c5ccccc5-c5ccccc54)cc3)cc2)c2ccccc2-c2ccccc21. The molecule has 6 aromatic carbocycles. The summed E-state index contributed by atoms with van der Waals surface area (Å²) in [4.78, 5) is 0. The van der Waals surface area contributed by atoms with E-state index in [1.165, 1.54) is 38.9 Å². The van der Waals surface area contributed by atoms with Gasteiger partial charge in [-0.2, -0.15) is 0 Å². The highest BCUT2D eigenvalue weighted by atomic mass is 16.5. The van der Waals surface area contributed by atoms with Crippen molar-refractivity contribution in [3.05, 3.63) is 179 Å². The van der Waals surface area contributed by atoms with Gasteiger partial charge in [-0.1, -0.05) is 121 Å². The molecule has 0 spiro atoms. The van der Waals surface area contributed by atoms with Crippen LogP contribution in [0, 0.1) is 0 Å². The van der Waals surface area contributed by atoms with Gasteiger partial charge in [-0.25, -0.2) is 0 Å². The largest absolute Gasteiger partial charge is 0.457 e. The zero-order chi connectivity index (χ0) is 32.6. The molecule has 0 N–H and O–H groups in total. The lowest BCUT2D eigenvalue weighted by molar-refractivity contribution is -0.0285. The van der Waals surface area contributed by atoms with Gasteiger partial charge in [0.05, 0.1) is 26.4 Å². The van der Waals surface area contributed by atoms with Crippen molar-refractivity contribution < 1.29 is 18.9 Å². The first kappa shape index (κ1) is 30.3. The van der Waals surface area contributed by atoms with Crippen molar-refractivity contribution in [2.24, 2.45) is 0 Å². The van der Waals surface area contributed by atoms with Gasteiger partial charge in [-0.15, -0.1) is 0 Å². The predicted octanol–water partition coefficient (Wildman–Crippen LogP) is 9.77. The first-order chi connectivity index (χ1) is 23.6. The Labute approximate surface area is 282 Å². The van der Waals surface area contributed by atoms with E-state index in [9.17, 15) is 0 Å². The van der Waals surface area contributed by atoms with Crippen LogP contribution in [0.1, 0.15) is 40.3 Å². The summed E-state index contributed by atoms with van der Waals surface area (Å²) in [7, 11) is 1.68. The minimum atomic E-state index is -0.763. The highest BCUT2D eigenvalue weighted by Gasteiger charge is 2.46. The second kappa shape index (κ2) is 12.6. The van der Waals surface area contributed by atoms with Crippen LogP contribution in [0.5, 0.6) is 11.5 Å². The molecule has 0 amide bonds. The predicted molar refractivity (Wildman–Crippen MR) is 191 cm³/mol. The van der Waals surface area contributed by atoms with E-state index >= 15 is 0 Å². The minimum Gasteiger partial charge on any atom is -0.457 e. The van der Waals surface area contributed by atoms with Crippen LogP contribution in [0.15, 0.2) is 146 Å². The van der Waals surface area contributed by atoms with Gasteiger partial charge in [0.25, 0.3) is 0 Å². The molecule has 0 radical (unpaired) electrons. The average molecular weight is 631 g/mol. The summed E-state index contributed by atoms with van der Waals surface area (Å²) in [6, 6.07) is 51.5. The standard InChI is InChI=1S/C44H38O4/c1-43(39-15-7-3-11-35(39)36-12-4-8-16-40(36)43)31-19-23-33(24-20-31)48-34-25-21-32(22-26-34)44(47-30-29-46-28-27-45-2)41-17-9-5-13-37(41)38-14-6-10-18-42(38)44/h3-26H,27-30H2,1-2H3. The Morgan fingerprint density at radius 2 is 0.854 bits per heavy atom. The monoisotopic (exact) mass is 630 g/mol. The fourth-order valence-corrected chi connectivity index (χ4v) is 7.76. The number of methoxy groups -OCH3 is 1. The highest BCUT2D eigenvalue weighted by Crippen LogP contribution is 2.54. The summed E-state index contributed by atoms with van der Waals surface area (Å²) in [5.41, 5.74) is 11.2. The van der Waals surface area contributed by atoms with E-state index in [1.807, 2.05) is 12.1 Å². The Morgan fingerprint density at radius 1 is 0.438 bits per heavy atom. The zero-order valence-electron chi connectivity index (χ0n) is 27.3. The van der Waals surface area contributed by atoms with Gasteiger partial charge in [0.15, 0.2) is 0 Å². The van der Waals surface area contributed by atoms with Crippen LogP contribution in [-0.4, -0.2) is 33.5 Å². The van der Waals surface area contributed by atoms with Crippen molar-refractivity contribution in [1.82, 2.24) is 0 Å². The lowest BCUT2D eigenvalue weighted by Gasteiger charge is -2.33. The number of fused-ring (bicyclic) bond motifs is 6. The van der Waals surface area contributed by atoms with Crippen molar-refractivity contribution in [2.45, 2.75) is 17.9 Å². The van der Waals surface area contributed by atoms with E-state index in [-0.39, 0.29) is 5.41 Å². The third-order valence-electron chi connectivity index (χ3n) is 10.0. The summed E-state index contributed by atoms with van der Waals surface area (Å²) in [5, 5.41) is 0. The topological polar surface area (TPSA) is 36.9 Å². The molecule has 0 heterocycles. The van der Waals surface area contributed by atoms with Crippen LogP contribution >= 0.6 is 0 Å². The fourth-order valence-electron chi connectivity index (χ4n) is 7.76. The first-order valence-corrected chi connectivity index (χ1v) is 16.6.